The molecule has 730 valence electrons. The lowest BCUT2D eigenvalue weighted by Gasteiger charge is -2.30. The molecule has 0 unspecified atom stereocenters. The molecule has 6 aromatic carbocycles. The molecule has 16 rings (SSSR count). The van der Waals surface area contributed by atoms with Crippen molar-refractivity contribution < 1.29 is 124 Å². The lowest BCUT2D eigenvalue weighted by atomic mass is 10.0. The van der Waals surface area contributed by atoms with Crippen LogP contribution in [-0.4, -0.2) is 155 Å². The second-order valence-corrected chi connectivity index (χ2v) is 33.2. The number of benzene rings is 6. The molecule has 0 bridgehead atoms. The van der Waals surface area contributed by atoms with Crippen molar-refractivity contribution in [1.82, 2.24) is 59.5 Å². The van der Waals surface area contributed by atoms with Gasteiger partial charge in [0.1, 0.15) is 56.9 Å². The average molecular weight is 2010 g/mol. The number of aromatic nitrogens is 10. The predicted molar refractivity (Wildman–Crippen MR) is 470 cm³/mol. The van der Waals surface area contributed by atoms with Gasteiger partial charge in [0.2, 0.25) is 0 Å². The SMILES string of the molecule is COC(=O)c1c(C(F)(F)F)nn2c1N(Cc1ccc(Cl)cc1)CCC2.COC(=O)c1c(C(F)(F)F)nn2c1NCCC2.COC(=O)c1ccc([C@H](C)NC(=O)c2c(C(F)(F)F)nn3c2N(Cc2ccc(Cl)cc2)CCC3)cc1.C[C@H](NC(=O)c1c(C(F)(F)F)nn2c1N(Cc1ccc(Cl)cc1)CCC2)c1ccc(C(=O)O)cc1.O=C(O)c1c(C(F)(F)F)nn2c1N(Cc1ccc(Cl)cc1)CCC2. The summed E-state index contributed by atoms with van der Waals surface area (Å²) in [5, 5.41) is 46.7. The molecule has 29 nitrogen and oxygen atoms in total. The number of alkyl halides is 15. The van der Waals surface area contributed by atoms with Crippen LogP contribution in [0, 0.1) is 0 Å². The van der Waals surface area contributed by atoms with Gasteiger partial charge in [-0.2, -0.15) is 91.3 Å². The van der Waals surface area contributed by atoms with Crippen molar-refractivity contribution >= 4 is 117 Å². The van der Waals surface area contributed by atoms with Gasteiger partial charge in [0.05, 0.1) is 44.5 Å². The lowest BCUT2D eigenvalue weighted by molar-refractivity contribution is -0.142. The minimum absolute atomic E-state index is 0.00368. The van der Waals surface area contributed by atoms with E-state index in [0.29, 0.717) is 128 Å². The fraction of sp³-hybridized carbons (Fsp3) is 0.348. The Morgan fingerprint density at radius 2 is 0.606 bits per heavy atom. The Morgan fingerprint density at radius 1 is 0.343 bits per heavy atom. The van der Waals surface area contributed by atoms with Crippen LogP contribution in [0.25, 0.3) is 0 Å². The molecule has 0 radical (unpaired) electrons. The Kier molecular flexibility index (Phi) is 32.2. The fourth-order valence-corrected chi connectivity index (χ4v) is 16.2. The molecule has 2 amide bonds. The Hall–Kier alpha value is -13.2. The Morgan fingerprint density at radius 3 is 0.905 bits per heavy atom. The number of halogens is 19. The van der Waals surface area contributed by atoms with E-state index in [-0.39, 0.29) is 67.4 Å². The maximum absolute atomic E-state index is 14.0. The molecule has 2 atom stereocenters. The van der Waals surface area contributed by atoms with Crippen molar-refractivity contribution in [2.24, 2.45) is 0 Å². The number of fused-ring (bicyclic) bond motifs is 5. The Bertz CT molecular complexity index is 6190. The molecule has 5 N–H and O–H groups in total. The summed E-state index contributed by atoms with van der Waals surface area (Å²) in [6.45, 7) is 8.30. The number of esters is 3. The van der Waals surface area contributed by atoms with E-state index >= 15 is 0 Å². The second kappa shape index (κ2) is 43.0. The third kappa shape index (κ3) is 24.6. The largest absolute Gasteiger partial charge is 0.478 e. The van der Waals surface area contributed by atoms with E-state index in [4.69, 9.17) is 51.5 Å². The molecule has 5 aliphatic heterocycles. The molecule has 10 heterocycles. The monoisotopic (exact) mass is 2010 g/mol. The number of aryl methyl sites for hydroxylation is 5. The Balaban J connectivity index is 0.000000157. The number of methoxy groups -OCH3 is 3. The predicted octanol–water partition coefficient (Wildman–Crippen LogP) is 19.3. The van der Waals surface area contributed by atoms with E-state index in [1.165, 1.54) is 57.6 Å². The molecule has 5 aliphatic rings. The first-order valence-electron chi connectivity index (χ1n) is 41.8. The first-order valence-corrected chi connectivity index (χ1v) is 43.3. The smallest absolute Gasteiger partial charge is 0.436 e. The minimum atomic E-state index is -4.82. The number of ether oxygens (including phenoxy) is 3. The van der Waals surface area contributed by atoms with Crippen molar-refractivity contribution in [2.75, 3.05) is 79.0 Å². The van der Waals surface area contributed by atoms with Gasteiger partial charge < -0.3 is 60.0 Å². The van der Waals surface area contributed by atoms with Gasteiger partial charge in [-0.15, -0.1) is 0 Å². The van der Waals surface area contributed by atoms with Crippen LogP contribution in [0.15, 0.2) is 146 Å². The number of carbonyl (C=O) groups is 7. The zero-order valence-electron chi connectivity index (χ0n) is 72.9. The highest BCUT2D eigenvalue weighted by Gasteiger charge is 2.49. The number of carbonyl (C=O) groups excluding carboxylic acids is 5. The molecular formula is C89H84Cl4F15N17O12. The third-order valence-corrected chi connectivity index (χ3v) is 23.0. The summed E-state index contributed by atoms with van der Waals surface area (Å²) in [5.74, 6) is -6.65. The van der Waals surface area contributed by atoms with Crippen LogP contribution in [0.3, 0.4) is 0 Å². The molecule has 0 fully saturated rings. The first-order chi connectivity index (χ1) is 64.6. The van der Waals surface area contributed by atoms with Crippen molar-refractivity contribution in [3.63, 3.8) is 0 Å². The molecule has 0 saturated carbocycles. The van der Waals surface area contributed by atoms with Crippen LogP contribution < -0.4 is 35.6 Å². The van der Waals surface area contributed by atoms with Gasteiger partial charge >= 0.3 is 60.7 Å². The van der Waals surface area contributed by atoms with Gasteiger partial charge in [0, 0.05) is 112 Å². The maximum Gasteiger partial charge on any atom is 0.436 e. The lowest BCUT2D eigenvalue weighted by Crippen LogP contribution is -2.35. The molecule has 48 heteroatoms. The highest BCUT2D eigenvalue weighted by atomic mass is 35.5. The van der Waals surface area contributed by atoms with E-state index in [1.54, 1.807) is 143 Å². The third-order valence-electron chi connectivity index (χ3n) is 22.0. The number of nitrogens with one attached hydrogen (secondary N) is 3. The number of amides is 2. The standard InChI is InChI=1S/C25H24ClF3N4O3.C24H22ClF3N4O3.C16H15ClF3N3O2.C15H13ClF3N3O2.C9H10F3N3O2/c1-15(17-6-8-18(9-7-17)24(35)36-2)30-22(34)20-21(25(27,28)29)31-33-13-3-12-32(23(20)33)14-16-4-10-19(26)11-5-16;1-14(16-5-7-17(8-6-16)23(34)35)29-21(33)19-20(24(26,27)28)30-32-12-2-11-31(22(19)32)13-15-3-9-18(25)10-4-15;1-25-15(24)12-13(16(18,19)20)21-23-8-2-7-22(14(12)23)9-10-3-5-11(17)6-4-10;16-10-4-2-9(3-5-10)8-21-6-1-7-22-13(21)11(14(23)24)12(20-22)15(17,18)19;1-17-8(16)5-6(9(10,11)12)14-15-4-2-3-13-7(5)15/h4-11,15H,3,12-14H2,1-2H3,(H,30,34);3-10,14H,2,11-13H2,1H3,(H,29,33)(H,34,35);3-6H,2,7-9H2,1H3;2-5H,1,6-8H2,(H,23,24);13H,2-4H2,1H3/t15-;14-;;;/m00.../s1. The van der Waals surface area contributed by atoms with E-state index in [2.05, 4.69) is 55.7 Å². The summed E-state index contributed by atoms with van der Waals surface area (Å²) in [7, 11) is 3.36. The highest BCUT2D eigenvalue weighted by Crippen LogP contribution is 2.45. The van der Waals surface area contributed by atoms with Crippen LogP contribution in [-0.2, 0) is 104 Å². The molecule has 11 aromatic rings. The molecule has 0 aliphatic carbocycles. The van der Waals surface area contributed by atoms with E-state index < -0.39 is 141 Å². The summed E-state index contributed by atoms with van der Waals surface area (Å²) in [6, 6.07) is 38.6. The topological polar surface area (TPSA) is 326 Å². The second-order valence-electron chi connectivity index (χ2n) is 31.5. The first kappa shape index (κ1) is 103. The maximum atomic E-state index is 14.0. The number of aromatic carboxylic acids is 2. The fourth-order valence-electron chi connectivity index (χ4n) is 15.7. The van der Waals surface area contributed by atoms with Crippen molar-refractivity contribution in [1.29, 1.82) is 0 Å². The number of hydrogen-bond acceptors (Lipinski definition) is 20. The van der Waals surface area contributed by atoms with E-state index in [0.717, 1.165) is 45.8 Å². The number of carboxylic acid groups (broad SMARTS) is 2. The van der Waals surface area contributed by atoms with Crippen LogP contribution in [0.2, 0.25) is 20.1 Å². The summed E-state index contributed by atoms with van der Waals surface area (Å²) < 4.78 is 221. The number of hydrogen-bond donors (Lipinski definition) is 5. The minimum Gasteiger partial charge on any atom is -0.478 e. The van der Waals surface area contributed by atoms with Gasteiger partial charge in [0.15, 0.2) is 28.5 Å². The summed E-state index contributed by atoms with van der Waals surface area (Å²) in [5.41, 5.74) is -4.22. The number of rotatable bonds is 19. The van der Waals surface area contributed by atoms with Gasteiger partial charge in [-0.05, 0) is 152 Å². The molecule has 137 heavy (non-hydrogen) atoms. The van der Waals surface area contributed by atoms with Gasteiger partial charge in [-0.25, -0.2) is 47.4 Å². The molecular weight excluding hydrogens is 1930 g/mol. The zero-order valence-corrected chi connectivity index (χ0v) is 75.9. The van der Waals surface area contributed by atoms with Crippen molar-refractivity contribution in [3.8, 4) is 0 Å². The normalized spacial score (nSPS) is 14.5. The van der Waals surface area contributed by atoms with Crippen LogP contribution in [0.1, 0.15) is 192 Å². The van der Waals surface area contributed by atoms with Crippen LogP contribution in [0.5, 0.6) is 0 Å². The highest BCUT2D eigenvalue weighted by molar-refractivity contribution is 6.31. The Labute approximate surface area is 789 Å². The number of nitrogens with zero attached hydrogens (tertiary/aromatic N) is 14. The quantitative estimate of drug-likeness (QED) is 0.0285. The zero-order chi connectivity index (χ0) is 99.7. The molecule has 0 spiro atoms. The van der Waals surface area contributed by atoms with E-state index in [1.807, 2.05) is 0 Å². The molecule has 5 aromatic heterocycles. The summed E-state index contributed by atoms with van der Waals surface area (Å²) >= 11 is 23.6. The van der Waals surface area contributed by atoms with Crippen LogP contribution >= 0.6 is 46.4 Å². The number of anilines is 5. The van der Waals surface area contributed by atoms with Gasteiger partial charge in [-0.3, -0.25) is 9.59 Å². The van der Waals surface area contributed by atoms with E-state index in [9.17, 15) is 105 Å². The van der Waals surface area contributed by atoms with Gasteiger partial charge in [0.25, 0.3) is 11.8 Å². The van der Waals surface area contributed by atoms with Crippen molar-refractivity contribution in [3.05, 3.63) is 266 Å². The molecule has 0 saturated heterocycles. The summed E-state index contributed by atoms with van der Waals surface area (Å²) in [4.78, 5) is 90.9. The summed E-state index contributed by atoms with van der Waals surface area (Å²) in [6.07, 6.45) is -20.8. The average Bonchev–Trinajstić information content (AvgIpc) is 1.56. The van der Waals surface area contributed by atoms with Crippen LogP contribution in [0.4, 0.5) is 94.9 Å². The van der Waals surface area contributed by atoms with Gasteiger partial charge in [-0.1, -0.05) is 119 Å². The number of carboxylic acids is 2. The van der Waals surface area contributed by atoms with Crippen molar-refractivity contribution in [2.45, 2.75) is 148 Å².